The first kappa shape index (κ1) is 16.3. The molecule has 0 spiro atoms. The van der Waals surface area contributed by atoms with Crippen LogP contribution in [-0.2, 0) is 16.1 Å². The minimum atomic E-state index is -0.553. The molecule has 26 heavy (non-hydrogen) atoms. The number of ether oxygens (including phenoxy) is 1. The molecule has 4 rings (SSSR count). The first-order chi connectivity index (χ1) is 12.7. The van der Waals surface area contributed by atoms with Gasteiger partial charge in [-0.2, -0.15) is 0 Å². The van der Waals surface area contributed by atoms with E-state index in [1.807, 2.05) is 41.0 Å². The van der Waals surface area contributed by atoms with Crippen molar-refractivity contribution < 1.29 is 14.3 Å². The van der Waals surface area contributed by atoms with Gasteiger partial charge in [0.05, 0.1) is 23.0 Å². The average Bonchev–Trinajstić information content (AvgIpc) is 3.14. The fraction of sp³-hybridized carbons (Fsp3) is 0.250. The predicted molar refractivity (Wildman–Crippen MR) is 97.9 cm³/mol. The lowest BCUT2D eigenvalue weighted by atomic mass is 10.0. The van der Waals surface area contributed by atoms with E-state index in [-0.39, 0.29) is 18.3 Å². The maximum atomic E-state index is 12.6. The van der Waals surface area contributed by atoms with Crippen LogP contribution in [0.15, 0.2) is 48.5 Å². The number of carbonyl (C=O) groups is 2. The molecule has 0 fully saturated rings. The van der Waals surface area contributed by atoms with Crippen molar-refractivity contribution in [3.63, 3.8) is 0 Å². The van der Waals surface area contributed by atoms with Crippen molar-refractivity contribution in [1.29, 1.82) is 0 Å². The molecule has 1 atom stereocenters. The standard InChI is InChI=1S/C20H19N3O3/c1-2-11-23-16-10-6-5-9-15(16)21-20(23)22-18(24)12-17-13-7-3-4-8-14(13)19(25)26-17/h3-10,17H,2,11-12H2,1H3,(H,21,22,24). The molecule has 1 N–H and O–H groups in total. The number of esters is 1. The van der Waals surface area contributed by atoms with Crippen molar-refractivity contribution in [2.45, 2.75) is 32.4 Å². The Morgan fingerprint density at radius 2 is 1.96 bits per heavy atom. The number of hydrogen-bond donors (Lipinski definition) is 1. The molecule has 1 aromatic heterocycles. The van der Waals surface area contributed by atoms with Crippen LogP contribution in [0.2, 0.25) is 0 Å². The van der Waals surface area contributed by atoms with Gasteiger partial charge in [-0.1, -0.05) is 37.3 Å². The number of para-hydroxylation sites is 2. The number of imidazole rings is 1. The van der Waals surface area contributed by atoms with Crippen LogP contribution in [0.4, 0.5) is 5.95 Å². The summed E-state index contributed by atoms with van der Waals surface area (Å²) in [5.41, 5.74) is 3.12. The Bertz CT molecular complexity index is 993. The molecule has 3 aromatic rings. The van der Waals surface area contributed by atoms with E-state index in [1.54, 1.807) is 12.1 Å². The SMILES string of the molecule is CCCn1c(NC(=O)CC2OC(=O)c3ccccc32)nc2ccccc21. The van der Waals surface area contributed by atoms with E-state index in [1.165, 1.54) is 0 Å². The molecule has 132 valence electrons. The molecule has 1 unspecified atom stereocenters. The Balaban J connectivity index is 1.55. The number of rotatable bonds is 5. The monoisotopic (exact) mass is 349 g/mol. The van der Waals surface area contributed by atoms with Crippen LogP contribution >= 0.6 is 0 Å². The molecule has 0 saturated heterocycles. The van der Waals surface area contributed by atoms with Crippen LogP contribution in [0.1, 0.15) is 41.8 Å². The summed E-state index contributed by atoms with van der Waals surface area (Å²) < 4.78 is 7.35. The number of benzene rings is 2. The third kappa shape index (κ3) is 2.83. The Morgan fingerprint density at radius 3 is 2.81 bits per heavy atom. The zero-order valence-corrected chi connectivity index (χ0v) is 14.4. The van der Waals surface area contributed by atoms with Crippen molar-refractivity contribution in [3.8, 4) is 0 Å². The number of hydrogen-bond acceptors (Lipinski definition) is 4. The van der Waals surface area contributed by atoms with Crippen LogP contribution in [0.25, 0.3) is 11.0 Å². The van der Waals surface area contributed by atoms with Gasteiger partial charge in [0.15, 0.2) is 0 Å². The minimum absolute atomic E-state index is 0.0675. The number of aromatic nitrogens is 2. The van der Waals surface area contributed by atoms with Gasteiger partial charge in [-0.25, -0.2) is 9.78 Å². The molecule has 6 nitrogen and oxygen atoms in total. The van der Waals surface area contributed by atoms with Crippen LogP contribution in [0.5, 0.6) is 0 Å². The zero-order chi connectivity index (χ0) is 18.1. The Morgan fingerprint density at radius 1 is 1.19 bits per heavy atom. The van der Waals surface area contributed by atoms with Gasteiger partial charge in [-0.3, -0.25) is 10.1 Å². The summed E-state index contributed by atoms with van der Waals surface area (Å²) in [4.78, 5) is 29.0. The number of nitrogens with zero attached hydrogens (tertiary/aromatic N) is 2. The molecule has 2 aromatic carbocycles. The minimum Gasteiger partial charge on any atom is -0.453 e. The molecule has 0 radical (unpaired) electrons. The summed E-state index contributed by atoms with van der Waals surface area (Å²) in [6.07, 6.45) is 0.442. The van der Waals surface area contributed by atoms with Crippen LogP contribution in [-0.4, -0.2) is 21.4 Å². The van der Waals surface area contributed by atoms with E-state index < -0.39 is 6.10 Å². The zero-order valence-electron chi connectivity index (χ0n) is 14.4. The topological polar surface area (TPSA) is 73.2 Å². The first-order valence-corrected chi connectivity index (χ1v) is 8.72. The number of aryl methyl sites for hydroxylation is 1. The normalized spacial score (nSPS) is 15.7. The maximum Gasteiger partial charge on any atom is 0.339 e. The van der Waals surface area contributed by atoms with Gasteiger partial charge in [0.2, 0.25) is 11.9 Å². The molecule has 2 heterocycles. The summed E-state index contributed by atoms with van der Waals surface area (Å²) in [5, 5.41) is 2.88. The molecule has 0 saturated carbocycles. The van der Waals surface area contributed by atoms with E-state index in [4.69, 9.17) is 4.74 Å². The Hall–Kier alpha value is -3.15. The van der Waals surface area contributed by atoms with Gasteiger partial charge in [0, 0.05) is 12.1 Å². The van der Waals surface area contributed by atoms with Crippen molar-refractivity contribution in [2.24, 2.45) is 0 Å². The molecular formula is C20H19N3O3. The molecule has 6 heteroatoms. The van der Waals surface area contributed by atoms with E-state index in [0.717, 1.165) is 29.6 Å². The Kier molecular flexibility index (Phi) is 4.16. The average molecular weight is 349 g/mol. The summed E-state index contributed by atoms with van der Waals surface area (Å²) in [6, 6.07) is 15.0. The summed E-state index contributed by atoms with van der Waals surface area (Å²) in [6.45, 7) is 2.84. The van der Waals surface area contributed by atoms with Gasteiger partial charge in [0.25, 0.3) is 0 Å². The van der Waals surface area contributed by atoms with Gasteiger partial charge in [-0.05, 0) is 24.6 Å². The third-order valence-corrected chi connectivity index (χ3v) is 4.50. The predicted octanol–water partition coefficient (Wildman–Crippen LogP) is 3.69. The number of anilines is 1. The number of nitrogens with one attached hydrogen (secondary N) is 1. The second-order valence-electron chi connectivity index (χ2n) is 6.31. The number of fused-ring (bicyclic) bond motifs is 2. The fourth-order valence-electron chi connectivity index (χ4n) is 3.34. The second kappa shape index (κ2) is 6.63. The van der Waals surface area contributed by atoms with E-state index in [9.17, 15) is 9.59 Å². The highest BCUT2D eigenvalue weighted by molar-refractivity contribution is 5.96. The van der Waals surface area contributed by atoms with Gasteiger partial charge >= 0.3 is 5.97 Å². The highest BCUT2D eigenvalue weighted by Gasteiger charge is 2.32. The van der Waals surface area contributed by atoms with E-state index >= 15 is 0 Å². The maximum absolute atomic E-state index is 12.6. The molecule has 1 aliphatic heterocycles. The van der Waals surface area contributed by atoms with Crippen LogP contribution in [0, 0.1) is 0 Å². The number of carbonyl (C=O) groups excluding carboxylic acids is 2. The number of amides is 1. The number of cyclic esters (lactones) is 1. The largest absolute Gasteiger partial charge is 0.453 e. The van der Waals surface area contributed by atoms with Crippen LogP contribution in [0.3, 0.4) is 0 Å². The van der Waals surface area contributed by atoms with E-state index in [0.29, 0.717) is 11.5 Å². The lowest BCUT2D eigenvalue weighted by Crippen LogP contribution is -2.18. The molecule has 1 aliphatic rings. The van der Waals surface area contributed by atoms with Crippen molar-refractivity contribution in [3.05, 3.63) is 59.7 Å². The fourth-order valence-corrected chi connectivity index (χ4v) is 3.34. The molecule has 1 amide bonds. The van der Waals surface area contributed by atoms with Gasteiger partial charge in [-0.15, -0.1) is 0 Å². The summed E-state index contributed by atoms with van der Waals surface area (Å²) >= 11 is 0. The molecule has 0 aliphatic carbocycles. The summed E-state index contributed by atoms with van der Waals surface area (Å²) in [7, 11) is 0. The quantitative estimate of drug-likeness (QED) is 0.713. The highest BCUT2D eigenvalue weighted by atomic mass is 16.5. The highest BCUT2D eigenvalue weighted by Crippen LogP contribution is 2.33. The van der Waals surface area contributed by atoms with E-state index in [2.05, 4.69) is 17.2 Å². The third-order valence-electron chi connectivity index (χ3n) is 4.50. The molecule has 0 bridgehead atoms. The smallest absolute Gasteiger partial charge is 0.339 e. The van der Waals surface area contributed by atoms with Crippen LogP contribution < -0.4 is 5.32 Å². The molecular weight excluding hydrogens is 330 g/mol. The first-order valence-electron chi connectivity index (χ1n) is 8.72. The second-order valence-corrected chi connectivity index (χ2v) is 6.31. The van der Waals surface area contributed by atoms with Crippen molar-refractivity contribution >= 4 is 28.9 Å². The Labute approximate surface area is 150 Å². The van der Waals surface area contributed by atoms with Crippen molar-refractivity contribution in [1.82, 2.24) is 9.55 Å². The van der Waals surface area contributed by atoms with Crippen molar-refractivity contribution in [2.75, 3.05) is 5.32 Å². The van der Waals surface area contributed by atoms with Gasteiger partial charge < -0.3 is 9.30 Å². The lowest BCUT2D eigenvalue weighted by Gasteiger charge is -2.12. The van der Waals surface area contributed by atoms with Gasteiger partial charge in [0.1, 0.15) is 6.10 Å². The lowest BCUT2D eigenvalue weighted by molar-refractivity contribution is -0.118. The summed E-state index contributed by atoms with van der Waals surface area (Å²) in [5.74, 6) is -0.0838.